The van der Waals surface area contributed by atoms with Crippen molar-refractivity contribution in [3.05, 3.63) is 83.4 Å². The average Bonchev–Trinajstić information content (AvgIpc) is 2.63. The second-order valence-corrected chi connectivity index (χ2v) is 6.31. The summed E-state index contributed by atoms with van der Waals surface area (Å²) in [5.41, 5.74) is 2.52. The van der Waals surface area contributed by atoms with Crippen LogP contribution in [-0.2, 0) is 9.53 Å². The van der Waals surface area contributed by atoms with Gasteiger partial charge in [0.15, 0.2) is 0 Å². The van der Waals surface area contributed by atoms with Gasteiger partial charge < -0.3 is 4.74 Å². The van der Waals surface area contributed by atoms with E-state index in [0.717, 1.165) is 16.7 Å². The van der Waals surface area contributed by atoms with Crippen LogP contribution in [-0.4, -0.2) is 12.6 Å². The van der Waals surface area contributed by atoms with Crippen molar-refractivity contribution in [1.82, 2.24) is 0 Å². The molecule has 2 heteroatoms. The van der Waals surface area contributed by atoms with Gasteiger partial charge in [-0.25, -0.2) is 0 Å². The van der Waals surface area contributed by atoms with E-state index in [1.807, 2.05) is 87.5 Å². The minimum absolute atomic E-state index is 0.183. The maximum atomic E-state index is 12.6. The fraction of sp³-hybridized carbons (Fsp3) is 0.261. The van der Waals surface area contributed by atoms with Crippen LogP contribution < -0.4 is 0 Å². The Morgan fingerprint density at radius 3 is 2.12 bits per heavy atom. The van der Waals surface area contributed by atoms with Crippen LogP contribution in [0.5, 0.6) is 0 Å². The molecule has 25 heavy (non-hydrogen) atoms. The molecule has 0 unspecified atom stereocenters. The molecule has 0 fully saturated rings. The zero-order valence-electron chi connectivity index (χ0n) is 15.2. The first-order valence-corrected chi connectivity index (χ1v) is 8.69. The maximum absolute atomic E-state index is 12.6. The molecule has 0 radical (unpaired) electrons. The van der Waals surface area contributed by atoms with E-state index in [1.165, 1.54) is 0 Å². The number of carbonyl (C=O) groups is 1. The molecule has 1 atom stereocenters. The summed E-state index contributed by atoms with van der Waals surface area (Å²) in [7, 11) is 0. The Kier molecular flexibility index (Phi) is 6.76. The van der Waals surface area contributed by atoms with Gasteiger partial charge in [0.05, 0.1) is 12.0 Å². The Bertz CT molecular complexity index is 729. The van der Waals surface area contributed by atoms with Gasteiger partial charge in [-0.05, 0) is 38.3 Å². The first-order valence-electron chi connectivity index (χ1n) is 8.69. The number of esters is 1. The van der Waals surface area contributed by atoms with E-state index < -0.39 is 5.41 Å². The fourth-order valence-corrected chi connectivity index (χ4v) is 2.65. The summed E-state index contributed by atoms with van der Waals surface area (Å²) in [5.74, 6) is -0.183. The topological polar surface area (TPSA) is 26.3 Å². The molecule has 0 saturated heterocycles. The van der Waals surface area contributed by atoms with E-state index in [1.54, 1.807) is 0 Å². The van der Waals surface area contributed by atoms with Crippen molar-refractivity contribution in [1.29, 1.82) is 0 Å². The molecule has 0 amide bonds. The molecule has 2 aromatic carbocycles. The predicted molar refractivity (Wildman–Crippen MR) is 105 cm³/mol. The van der Waals surface area contributed by atoms with Crippen molar-refractivity contribution in [3.8, 4) is 0 Å². The molecular formula is C23H26O2. The third-order valence-corrected chi connectivity index (χ3v) is 4.42. The van der Waals surface area contributed by atoms with Crippen molar-refractivity contribution in [2.24, 2.45) is 5.41 Å². The van der Waals surface area contributed by atoms with Crippen LogP contribution >= 0.6 is 0 Å². The lowest BCUT2D eigenvalue weighted by molar-refractivity contribution is -0.151. The van der Waals surface area contributed by atoms with Crippen molar-refractivity contribution < 1.29 is 9.53 Å². The number of hydrogen-bond donors (Lipinski definition) is 0. The highest BCUT2D eigenvalue weighted by molar-refractivity contribution is 5.82. The molecule has 2 nitrogen and oxygen atoms in total. The van der Waals surface area contributed by atoms with Gasteiger partial charge in [0.1, 0.15) is 0 Å². The van der Waals surface area contributed by atoms with Crippen molar-refractivity contribution in [2.75, 3.05) is 6.61 Å². The van der Waals surface area contributed by atoms with E-state index in [2.05, 4.69) is 12.2 Å². The number of hydrogen-bond acceptors (Lipinski definition) is 2. The largest absolute Gasteiger partial charge is 0.465 e. The van der Waals surface area contributed by atoms with E-state index in [0.29, 0.717) is 13.0 Å². The lowest BCUT2D eigenvalue weighted by Gasteiger charge is -2.27. The van der Waals surface area contributed by atoms with Gasteiger partial charge in [0.25, 0.3) is 0 Å². The van der Waals surface area contributed by atoms with Crippen molar-refractivity contribution in [3.63, 3.8) is 0 Å². The summed E-state index contributed by atoms with van der Waals surface area (Å²) in [5, 5.41) is 0. The summed E-state index contributed by atoms with van der Waals surface area (Å²) in [6, 6.07) is 20.1. The van der Waals surface area contributed by atoms with Gasteiger partial charge in [-0.1, -0.05) is 84.5 Å². The van der Waals surface area contributed by atoms with Gasteiger partial charge in [-0.15, -0.1) is 0 Å². The fourth-order valence-electron chi connectivity index (χ4n) is 2.65. The van der Waals surface area contributed by atoms with Crippen molar-refractivity contribution in [2.45, 2.75) is 27.2 Å². The number of benzene rings is 2. The average molecular weight is 334 g/mol. The quantitative estimate of drug-likeness (QED) is 0.601. The minimum atomic E-state index is -0.683. The summed E-state index contributed by atoms with van der Waals surface area (Å²) in [4.78, 5) is 12.6. The number of allylic oxidation sites excluding steroid dienone is 1. The predicted octanol–water partition coefficient (Wildman–Crippen LogP) is 5.76. The van der Waals surface area contributed by atoms with Crippen LogP contribution in [0.4, 0.5) is 0 Å². The first-order chi connectivity index (χ1) is 12.1. The van der Waals surface area contributed by atoms with Crippen LogP contribution in [0.3, 0.4) is 0 Å². The minimum Gasteiger partial charge on any atom is -0.465 e. The first kappa shape index (κ1) is 18.7. The number of rotatable bonds is 7. The smallest absolute Gasteiger partial charge is 0.316 e. The van der Waals surface area contributed by atoms with E-state index in [9.17, 15) is 4.79 Å². The highest BCUT2D eigenvalue weighted by Gasteiger charge is 2.35. The zero-order valence-corrected chi connectivity index (χ0v) is 15.2. The molecular weight excluding hydrogens is 308 g/mol. The van der Waals surface area contributed by atoms with E-state index >= 15 is 0 Å². The molecule has 0 aliphatic rings. The van der Waals surface area contributed by atoms with E-state index in [4.69, 9.17) is 4.74 Å². The Hall–Kier alpha value is -2.61. The monoisotopic (exact) mass is 334 g/mol. The van der Waals surface area contributed by atoms with Crippen molar-refractivity contribution >= 4 is 18.1 Å². The standard InChI is InChI=1S/C23H26O2/c1-4-25-22(24)23(3,17-11-16-20-12-7-5-8-13-20)19(2)18-21-14-9-6-10-15-21/h5-16,18H,4,17H2,1-3H3/b16-11+,19-18-/t23-/m1/s1. The van der Waals surface area contributed by atoms with Crippen LogP contribution in [0.15, 0.2) is 72.3 Å². The van der Waals surface area contributed by atoms with Crippen LogP contribution in [0.2, 0.25) is 0 Å². The van der Waals surface area contributed by atoms with Gasteiger partial charge in [-0.2, -0.15) is 0 Å². The maximum Gasteiger partial charge on any atom is 0.316 e. The normalized spacial score (nSPS) is 14.3. The highest BCUT2D eigenvalue weighted by atomic mass is 16.5. The molecule has 0 heterocycles. The summed E-state index contributed by atoms with van der Waals surface area (Å²) < 4.78 is 5.35. The molecule has 0 saturated carbocycles. The molecule has 0 bridgehead atoms. The van der Waals surface area contributed by atoms with Gasteiger partial charge in [-0.3, -0.25) is 4.79 Å². The van der Waals surface area contributed by atoms with Gasteiger partial charge in [0, 0.05) is 0 Å². The van der Waals surface area contributed by atoms with E-state index in [-0.39, 0.29) is 5.97 Å². The molecule has 0 aliphatic carbocycles. The Morgan fingerprint density at radius 1 is 1.00 bits per heavy atom. The number of carbonyl (C=O) groups excluding carboxylic acids is 1. The molecule has 0 aromatic heterocycles. The Labute approximate surface area is 150 Å². The van der Waals surface area contributed by atoms with Crippen LogP contribution in [0.1, 0.15) is 38.3 Å². The highest BCUT2D eigenvalue weighted by Crippen LogP contribution is 2.34. The summed E-state index contributed by atoms with van der Waals surface area (Å²) in [6.07, 6.45) is 6.75. The molecule has 130 valence electrons. The second-order valence-electron chi connectivity index (χ2n) is 6.31. The third-order valence-electron chi connectivity index (χ3n) is 4.42. The van der Waals surface area contributed by atoms with Crippen LogP contribution in [0, 0.1) is 5.41 Å². The van der Waals surface area contributed by atoms with Gasteiger partial charge in [0.2, 0.25) is 0 Å². The third kappa shape index (κ3) is 5.18. The molecule has 0 aliphatic heterocycles. The van der Waals surface area contributed by atoms with Crippen LogP contribution in [0.25, 0.3) is 12.2 Å². The summed E-state index contributed by atoms with van der Waals surface area (Å²) >= 11 is 0. The second kappa shape index (κ2) is 9.03. The molecule has 2 rings (SSSR count). The Balaban J connectivity index is 2.25. The molecule has 0 N–H and O–H groups in total. The van der Waals surface area contributed by atoms with Gasteiger partial charge >= 0.3 is 5.97 Å². The zero-order chi connectivity index (χ0) is 18.1. The lowest BCUT2D eigenvalue weighted by Crippen LogP contribution is -2.30. The SMILES string of the molecule is CCOC(=O)[C@](C)(C/C=C/c1ccccc1)/C(C)=C\c1ccccc1. The number of ether oxygens (including phenoxy) is 1. The molecule has 2 aromatic rings. The lowest BCUT2D eigenvalue weighted by atomic mass is 9.78. The molecule has 0 spiro atoms. The Morgan fingerprint density at radius 2 is 1.56 bits per heavy atom. The summed E-state index contributed by atoms with van der Waals surface area (Å²) in [6.45, 7) is 6.18.